The quantitative estimate of drug-likeness (QED) is 0.436. The Labute approximate surface area is 154 Å². The number of nitrogens with one attached hydrogen (secondary N) is 1. The fraction of sp³-hybridized carbons (Fsp3) is 0.267. The second-order valence-electron chi connectivity index (χ2n) is 5.47. The fourth-order valence-corrected chi connectivity index (χ4v) is 2.13. The van der Waals surface area contributed by atoms with Crippen molar-refractivity contribution in [1.82, 2.24) is 5.32 Å². The Morgan fingerprint density at radius 2 is 1.75 bits per heavy atom. The van der Waals surface area contributed by atoms with Crippen molar-refractivity contribution in [1.29, 1.82) is 0 Å². The number of nitrogens with two attached hydrogens (primary N) is 1. The van der Waals surface area contributed by atoms with Gasteiger partial charge in [0.05, 0.1) is 0 Å². The van der Waals surface area contributed by atoms with Crippen molar-refractivity contribution in [2.45, 2.75) is 25.9 Å². The number of esters is 1. The molecule has 0 radical (unpaired) electrons. The number of carbonyl (C=O) groups is 4. The summed E-state index contributed by atoms with van der Waals surface area (Å²) in [5.74, 6) is -10.7. The summed E-state index contributed by atoms with van der Waals surface area (Å²) in [5.41, 5.74) is 2.75. The molecule has 0 fully saturated rings. The number of urea groups is 1. The molecule has 1 aromatic carbocycles. The molecule has 0 spiro atoms. The molecular formula is C15H12F4N4O5. The van der Waals surface area contributed by atoms with Crippen LogP contribution >= 0.6 is 0 Å². The van der Waals surface area contributed by atoms with Gasteiger partial charge >= 0.3 is 12.0 Å². The maximum atomic E-state index is 13.9. The largest absolute Gasteiger partial charge is 0.448 e. The lowest BCUT2D eigenvalue weighted by molar-refractivity contribution is -0.148. The molecule has 13 heteroatoms. The normalized spacial score (nSPS) is 15.0. The Morgan fingerprint density at radius 3 is 2.29 bits per heavy atom. The zero-order chi connectivity index (χ0) is 21.2. The number of primary amides is 1. The summed E-state index contributed by atoms with van der Waals surface area (Å²) in [6.45, 7) is 1.09. The van der Waals surface area contributed by atoms with E-state index in [1.807, 2.05) is 0 Å². The second kappa shape index (κ2) is 8.02. The van der Waals surface area contributed by atoms with Gasteiger partial charge < -0.3 is 10.5 Å². The van der Waals surface area contributed by atoms with Crippen LogP contribution in [0.5, 0.6) is 0 Å². The molecule has 0 saturated heterocycles. The van der Waals surface area contributed by atoms with Crippen LogP contribution in [0.2, 0.25) is 0 Å². The maximum absolute atomic E-state index is 13.9. The Bertz CT molecular complexity index is 879. The molecule has 0 aliphatic carbocycles. The third-order valence-electron chi connectivity index (χ3n) is 3.47. The zero-order valence-electron chi connectivity index (χ0n) is 14.1. The number of halogens is 4. The molecule has 0 saturated carbocycles. The number of nitrogens with zero attached hydrogens (tertiary/aromatic N) is 2. The van der Waals surface area contributed by atoms with E-state index < -0.39 is 71.0 Å². The first-order valence-corrected chi connectivity index (χ1v) is 7.57. The van der Waals surface area contributed by atoms with Crippen LogP contribution in [0.4, 0.5) is 28.0 Å². The summed E-state index contributed by atoms with van der Waals surface area (Å²) in [7, 11) is 0. The van der Waals surface area contributed by atoms with Crippen molar-refractivity contribution < 1.29 is 41.5 Å². The van der Waals surface area contributed by atoms with Crippen molar-refractivity contribution >= 4 is 35.2 Å². The summed E-state index contributed by atoms with van der Waals surface area (Å²) in [6, 6.07) is -1.25. The van der Waals surface area contributed by atoms with Crippen LogP contribution in [0.15, 0.2) is 11.2 Å². The van der Waals surface area contributed by atoms with Gasteiger partial charge in [-0.25, -0.2) is 27.2 Å². The minimum absolute atomic E-state index is 0.00503. The van der Waals surface area contributed by atoms with Crippen LogP contribution in [0, 0.1) is 23.3 Å². The number of carbonyl (C=O) groups excluding carboxylic acids is 4. The second-order valence-corrected chi connectivity index (χ2v) is 5.47. The Kier molecular flexibility index (Phi) is 5.96. The summed E-state index contributed by atoms with van der Waals surface area (Å²) in [5, 5.41) is 5.06. The molecule has 4 amide bonds. The van der Waals surface area contributed by atoms with Crippen LogP contribution in [0.25, 0.3) is 0 Å². The van der Waals surface area contributed by atoms with Gasteiger partial charge in [-0.15, -0.1) is 0 Å². The zero-order valence-corrected chi connectivity index (χ0v) is 14.1. The van der Waals surface area contributed by atoms with E-state index in [0.29, 0.717) is 0 Å². The molecule has 150 valence electrons. The van der Waals surface area contributed by atoms with E-state index in [-0.39, 0.29) is 17.5 Å². The van der Waals surface area contributed by atoms with Crippen molar-refractivity contribution in [2.75, 3.05) is 5.01 Å². The van der Waals surface area contributed by atoms with E-state index in [1.54, 1.807) is 5.32 Å². The summed E-state index contributed by atoms with van der Waals surface area (Å²) in [6.07, 6.45) is -2.33. The van der Waals surface area contributed by atoms with Crippen LogP contribution in [-0.4, -0.2) is 35.6 Å². The lowest BCUT2D eigenvalue weighted by Crippen LogP contribution is -2.43. The standard InChI is InChI=1S/C15H12F4N4O5/c1-5(13(25)21-15(20)27)28-14(26)8-2-3-9(24)23(22-8)12-10(18)6(16)4-7(17)11(12)19/h4-5H,2-3H2,1H3,(H3,20,21,25,27)/t5-/m0/s1. The van der Waals surface area contributed by atoms with Gasteiger partial charge in [-0.1, -0.05) is 0 Å². The molecule has 0 bridgehead atoms. The third-order valence-corrected chi connectivity index (χ3v) is 3.47. The SMILES string of the molecule is C[C@H](OC(=O)C1=NN(c2c(F)c(F)cc(F)c2F)C(=O)CC1)C(=O)NC(N)=O. The average molecular weight is 404 g/mol. The van der Waals surface area contributed by atoms with Crippen molar-refractivity contribution in [2.24, 2.45) is 10.8 Å². The number of amides is 4. The number of hydrogen-bond donors (Lipinski definition) is 2. The summed E-state index contributed by atoms with van der Waals surface area (Å²) < 4.78 is 59.3. The van der Waals surface area contributed by atoms with E-state index in [4.69, 9.17) is 10.5 Å². The number of hydrogen-bond acceptors (Lipinski definition) is 6. The number of imide groups is 1. The summed E-state index contributed by atoms with van der Waals surface area (Å²) in [4.78, 5) is 46.1. The van der Waals surface area contributed by atoms with Crippen molar-refractivity contribution in [3.8, 4) is 0 Å². The van der Waals surface area contributed by atoms with Crippen LogP contribution in [0.3, 0.4) is 0 Å². The molecule has 0 unspecified atom stereocenters. The highest BCUT2D eigenvalue weighted by atomic mass is 19.2. The highest BCUT2D eigenvalue weighted by molar-refractivity contribution is 6.38. The molecule has 28 heavy (non-hydrogen) atoms. The van der Waals surface area contributed by atoms with Crippen molar-refractivity contribution in [3.63, 3.8) is 0 Å². The third kappa shape index (κ3) is 4.24. The minimum Gasteiger partial charge on any atom is -0.448 e. The lowest BCUT2D eigenvalue weighted by atomic mass is 10.1. The molecule has 0 aromatic heterocycles. The van der Waals surface area contributed by atoms with Crippen LogP contribution in [0.1, 0.15) is 19.8 Å². The van der Waals surface area contributed by atoms with Gasteiger partial charge in [0.1, 0.15) is 11.4 Å². The van der Waals surface area contributed by atoms with Gasteiger partial charge in [-0.2, -0.15) is 10.1 Å². The number of anilines is 1. The highest BCUT2D eigenvalue weighted by Gasteiger charge is 2.33. The number of benzene rings is 1. The minimum atomic E-state index is -1.89. The highest BCUT2D eigenvalue weighted by Crippen LogP contribution is 2.30. The average Bonchev–Trinajstić information content (AvgIpc) is 2.61. The predicted molar refractivity (Wildman–Crippen MR) is 83.7 cm³/mol. The number of hydrazone groups is 1. The molecule has 1 heterocycles. The predicted octanol–water partition coefficient (Wildman–Crippen LogP) is 0.852. The monoisotopic (exact) mass is 404 g/mol. The van der Waals surface area contributed by atoms with Gasteiger partial charge in [0, 0.05) is 18.9 Å². The van der Waals surface area contributed by atoms with Crippen molar-refractivity contribution in [3.05, 3.63) is 29.3 Å². The summed E-state index contributed by atoms with van der Waals surface area (Å²) >= 11 is 0. The molecule has 1 atom stereocenters. The maximum Gasteiger partial charge on any atom is 0.355 e. The first kappa shape index (κ1) is 20.8. The van der Waals surface area contributed by atoms with E-state index >= 15 is 0 Å². The number of ether oxygens (including phenoxy) is 1. The Morgan fingerprint density at radius 1 is 1.18 bits per heavy atom. The first-order valence-electron chi connectivity index (χ1n) is 7.57. The van der Waals surface area contributed by atoms with E-state index in [9.17, 15) is 36.7 Å². The topological polar surface area (TPSA) is 131 Å². The molecule has 1 aliphatic heterocycles. The Hall–Kier alpha value is -3.51. The smallest absolute Gasteiger partial charge is 0.355 e. The first-order chi connectivity index (χ1) is 13.0. The number of rotatable bonds is 4. The van der Waals surface area contributed by atoms with Gasteiger partial charge in [0.15, 0.2) is 29.4 Å². The molecule has 9 nitrogen and oxygen atoms in total. The Balaban J connectivity index is 2.31. The van der Waals surface area contributed by atoms with Gasteiger partial charge in [0.2, 0.25) is 5.91 Å². The lowest BCUT2D eigenvalue weighted by Gasteiger charge is -2.24. The molecule has 3 N–H and O–H groups in total. The molecule has 2 rings (SSSR count). The van der Waals surface area contributed by atoms with Crippen LogP contribution < -0.4 is 16.1 Å². The van der Waals surface area contributed by atoms with E-state index in [1.165, 1.54) is 0 Å². The molecule has 1 aromatic rings. The van der Waals surface area contributed by atoms with Gasteiger partial charge in [-0.3, -0.25) is 14.9 Å². The van der Waals surface area contributed by atoms with E-state index in [0.717, 1.165) is 6.92 Å². The van der Waals surface area contributed by atoms with Gasteiger partial charge in [-0.05, 0) is 6.92 Å². The fourth-order valence-electron chi connectivity index (χ4n) is 2.13. The van der Waals surface area contributed by atoms with Crippen LogP contribution in [-0.2, 0) is 19.1 Å². The molecule has 1 aliphatic rings. The van der Waals surface area contributed by atoms with Gasteiger partial charge in [0.25, 0.3) is 5.91 Å². The van der Waals surface area contributed by atoms with E-state index in [2.05, 4.69) is 5.10 Å². The molecular weight excluding hydrogens is 392 g/mol.